The van der Waals surface area contributed by atoms with Crippen LogP contribution in [0.4, 0.5) is 0 Å². The highest BCUT2D eigenvalue weighted by molar-refractivity contribution is 9.10. The summed E-state index contributed by atoms with van der Waals surface area (Å²) in [7, 11) is 0. The smallest absolute Gasteiger partial charge is 0.142 e. The van der Waals surface area contributed by atoms with Gasteiger partial charge in [0.15, 0.2) is 0 Å². The van der Waals surface area contributed by atoms with Crippen LogP contribution in [0.25, 0.3) is 10.8 Å². The lowest BCUT2D eigenvalue weighted by molar-refractivity contribution is -0.117. The van der Waals surface area contributed by atoms with Crippen molar-refractivity contribution in [3.8, 4) is 0 Å². The summed E-state index contributed by atoms with van der Waals surface area (Å²) in [4.78, 5) is 13.2. The zero-order chi connectivity index (χ0) is 13.9. The number of rotatable bonds is 4. The van der Waals surface area contributed by atoms with E-state index in [4.69, 9.17) is 0 Å². The lowest BCUT2D eigenvalue weighted by Crippen LogP contribution is -2.05. The average Bonchev–Trinajstić information content (AvgIpc) is 2.83. The number of benzene rings is 2. The van der Waals surface area contributed by atoms with Crippen LogP contribution in [-0.2, 0) is 17.6 Å². The zero-order valence-electron chi connectivity index (χ0n) is 10.8. The topological polar surface area (TPSA) is 17.1 Å². The van der Waals surface area contributed by atoms with Gasteiger partial charge in [0.25, 0.3) is 0 Å². The first-order chi connectivity index (χ1) is 9.70. The van der Waals surface area contributed by atoms with Crippen molar-refractivity contribution in [3.05, 3.63) is 68.8 Å². The minimum Gasteiger partial charge on any atom is -0.299 e. The Hall–Kier alpha value is -1.45. The van der Waals surface area contributed by atoms with Gasteiger partial charge in [-0.15, -0.1) is 11.3 Å². The molecule has 0 radical (unpaired) electrons. The number of halogens is 1. The maximum absolute atomic E-state index is 12.1. The van der Waals surface area contributed by atoms with E-state index in [9.17, 15) is 4.79 Å². The van der Waals surface area contributed by atoms with Gasteiger partial charge in [0, 0.05) is 27.6 Å². The number of Topliss-reactive ketones (excluding diaryl/α,β-unsaturated/α-hetero) is 1. The van der Waals surface area contributed by atoms with Crippen molar-refractivity contribution in [2.45, 2.75) is 12.8 Å². The van der Waals surface area contributed by atoms with Gasteiger partial charge >= 0.3 is 0 Å². The van der Waals surface area contributed by atoms with Crippen molar-refractivity contribution in [2.75, 3.05) is 0 Å². The van der Waals surface area contributed by atoms with Crippen molar-refractivity contribution in [3.63, 3.8) is 0 Å². The number of hydrogen-bond acceptors (Lipinski definition) is 2. The van der Waals surface area contributed by atoms with E-state index < -0.39 is 0 Å². The van der Waals surface area contributed by atoms with Gasteiger partial charge in [-0.3, -0.25) is 4.79 Å². The van der Waals surface area contributed by atoms with Crippen molar-refractivity contribution < 1.29 is 4.79 Å². The first-order valence-corrected chi connectivity index (χ1v) is 8.10. The highest BCUT2D eigenvalue weighted by atomic mass is 79.9. The van der Waals surface area contributed by atoms with Crippen LogP contribution in [0.2, 0.25) is 0 Å². The van der Waals surface area contributed by atoms with E-state index in [0.29, 0.717) is 12.8 Å². The first-order valence-electron chi connectivity index (χ1n) is 6.43. The molecule has 3 rings (SSSR count). The summed E-state index contributed by atoms with van der Waals surface area (Å²) in [6.45, 7) is 0. The molecular formula is C17H13BrOS. The third-order valence-corrected chi connectivity index (χ3v) is 4.91. The Morgan fingerprint density at radius 1 is 1.00 bits per heavy atom. The number of ketones is 1. The number of hydrogen-bond donors (Lipinski definition) is 0. The van der Waals surface area contributed by atoms with E-state index in [2.05, 4.69) is 40.2 Å². The first kappa shape index (κ1) is 13.5. The number of thiophene rings is 1. The second-order valence-corrected chi connectivity index (χ2v) is 6.72. The zero-order valence-corrected chi connectivity index (χ0v) is 13.2. The van der Waals surface area contributed by atoms with Gasteiger partial charge in [-0.1, -0.05) is 42.5 Å². The van der Waals surface area contributed by atoms with Crippen molar-refractivity contribution >= 4 is 43.8 Å². The molecule has 2 aromatic carbocycles. The van der Waals surface area contributed by atoms with E-state index in [1.165, 1.54) is 10.8 Å². The third kappa shape index (κ3) is 3.17. The van der Waals surface area contributed by atoms with E-state index in [0.717, 1.165) is 14.9 Å². The Balaban J connectivity index is 1.73. The Morgan fingerprint density at radius 3 is 2.55 bits per heavy atom. The predicted molar refractivity (Wildman–Crippen MR) is 88.4 cm³/mol. The Labute approximate surface area is 130 Å². The molecule has 0 saturated carbocycles. The van der Waals surface area contributed by atoms with Crippen LogP contribution in [0.3, 0.4) is 0 Å². The summed E-state index contributed by atoms with van der Waals surface area (Å²) in [6.07, 6.45) is 1.02. The number of carbonyl (C=O) groups excluding carboxylic acids is 1. The molecule has 0 N–H and O–H groups in total. The van der Waals surface area contributed by atoms with Crippen LogP contribution in [0.5, 0.6) is 0 Å². The molecule has 0 aliphatic carbocycles. The molecule has 1 nitrogen and oxygen atoms in total. The molecule has 100 valence electrons. The normalized spacial score (nSPS) is 10.8. The molecule has 1 heterocycles. The van der Waals surface area contributed by atoms with Crippen LogP contribution in [0.1, 0.15) is 10.4 Å². The van der Waals surface area contributed by atoms with Gasteiger partial charge in [-0.25, -0.2) is 0 Å². The summed E-state index contributed by atoms with van der Waals surface area (Å²) < 4.78 is 1.05. The summed E-state index contributed by atoms with van der Waals surface area (Å²) in [5.41, 5.74) is 1.09. The molecule has 0 unspecified atom stereocenters. The summed E-state index contributed by atoms with van der Waals surface area (Å²) >= 11 is 5.04. The van der Waals surface area contributed by atoms with Crippen LogP contribution < -0.4 is 0 Å². The SMILES string of the molecule is O=C(Cc1ccc2ccccc2c1)Cc1cc(Br)cs1. The maximum Gasteiger partial charge on any atom is 0.142 e. The Morgan fingerprint density at radius 2 is 1.80 bits per heavy atom. The quantitative estimate of drug-likeness (QED) is 0.649. The molecule has 0 amide bonds. The molecular weight excluding hydrogens is 332 g/mol. The van der Waals surface area contributed by atoms with E-state index in [1.54, 1.807) is 11.3 Å². The standard InChI is InChI=1S/C17H13BrOS/c18-15-9-17(20-11-15)10-16(19)8-12-5-6-13-3-1-2-4-14(13)7-12/h1-7,9,11H,8,10H2. The highest BCUT2D eigenvalue weighted by Gasteiger charge is 2.07. The lowest BCUT2D eigenvalue weighted by atomic mass is 10.0. The van der Waals surface area contributed by atoms with Gasteiger partial charge in [-0.2, -0.15) is 0 Å². The molecule has 20 heavy (non-hydrogen) atoms. The number of carbonyl (C=O) groups is 1. The largest absolute Gasteiger partial charge is 0.299 e. The third-order valence-electron chi connectivity index (χ3n) is 3.21. The molecule has 0 aliphatic heterocycles. The second-order valence-electron chi connectivity index (χ2n) is 4.80. The minimum atomic E-state index is 0.259. The molecule has 0 aliphatic rings. The molecule has 3 heteroatoms. The monoisotopic (exact) mass is 344 g/mol. The fourth-order valence-electron chi connectivity index (χ4n) is 2.28. The fraction of sp³-hybridized carbons (Fsp3) is 0.118. The van der Waals surface area contributed by atoms with Gasteiger partial charge in [-0.05, 0) is 38.3 Å². The van der Waals surface area contributed by atoms with Crippen LogP contribution >= 0.6 is 27.3 Å². The highest BCUT2D eigenvalue weighted by Crippen LogP contribution is 2.21. The van der Waals surface area contributed by atoms with Gasteiger partial charge in [0.2, 0.25) is 0 Å². The molecule has 0 bridgehead atoms. The van der Waals surface area contributed by atoms with Crippen molar-refractivity contribution in [1.29, 1.82) is 0 Å². The van der Waals surface area contributed by atoms with Crippen LogP contribution in [-0.4, -0.2) is 5.78 Å². The van der Waals surface area contributed by atoms with E-state index >= 15 is 0 Å². The van der Waals surface area contributed by atoms with Crippen LogP contribution in [0, 0.1) is 0 Å². The average molecular weight is 345 g/mol. The van der Waals surface area contributed by atoms with Gasteiger partial charge in [0.05, 0.1) is 0 Å². The molecule has 0 spiro atoms. The lowest BCUT2D eigenvalue weighted by Gasteiger charge is -2.03. The predicted octanol–water partition coefficient (Wildman–Crippen LogP) is 5.02. The maximum atomic E-state index is 12.1. The molecule has 0 atom stereocenters. The molecule has 3 aromatic rings. The molecule has 1 aromatic heterocycles. The van der Waals surface area contributed by atoms with E-state index in [1.807, 2.05) is 29.6 Å². The van der Waals surface area contributed by atoms with Gasteiger partial charge in [0.1, 0.15) is 5.78 Å². The Bertz CT molecular complexity index is 760. The summed E-state index contributed by atoms with van der Waals surface area (Å²) in [5, 5.41) is 4.42. The number of fused-ring (bicyclic) bond motifs is 1. The Kier molecular flexibility index (Phi) is 3.99. The molecule has 0 fully saturated rings. The van der Waals surface area contributed by atoms with Gasteiger partial charge < -0.3 is 0 Å². The second kappa shape index (κ2) is 5.90. The van der Waals surface area contributed by atoms with E-state index in [-0.39, 0.29) is 5.78 Å². The minimum absolute atomic E-state index is 0.259. The summed E-state index contributed by atoms with van der Waals surface area (Å²) in [5.74, 6) is 0.259. The van der Waals surface area contributed by atoms with Crippen molar-refractivity contribution in [2.24, 2.45) is 0 Å². The summed E-state index contributed by atoms with van der Waals surface area (Å²) in [6, 6.07) is 16.5. The fourth-order valence-corrected chi connectivity index (χ4v) is 3.76. The van der Waals surface area contributed by atoms with Crippen LogP contribution in [0.15, 0.2) is 58.4 Å². The van der Waals surface area contributed by atoms with Crippen molar-refractivity contribution in [1.82, 2.24) is 0 Å². The molecule has 0 saturated heterocycles.